The summed E-state index contributed by atoms with van der Waals surface area (Å²) in [6.07, 6.45) is -14.9. The second-order valence-electron chi connectivity index (χ2n) is 4.04. The average molecular weight is 475 g/mol. The Bertz CT molecular complexity index is 453. The normalized spacial score (nSPS) is 18.3. The van der Waals surface area contributed by atoms with E-state index in [0.717, 1.165) is 0 Å². The van der Waals surface area contributed by atoms with Crippen molar-refractivity contribution < 1.29 is 61.5 Å². The molecule has 0 rings (SSSR count). The predicted molar refractivity (Wildman–Crippen MR) is 56.4 cm³/mol. The molecule has 0 aliphatic rings. The fourth-order valence-corrected chi connectivity index (χ4v) is 4.41. The summed E-state index contributed by atoms with van der Waals surface area (Å²) in [6, 6.07) is 0. The van der Waals surface area contributed by atoms with E-state index in [9.17, 15) is 61.5 Å². The van der Waals surface area contributed by atoms with Crippen molar-refractivity contribution in [2.45, 2.75) is 35.5 Å². The van der Waals surface area contributed by atoms with E-state index in [1.165, 1.54) is 0 Å². The molecule has 0 N–H and O–H groups in total. The second kappa shape index (κ2) is 5.41. The van der Waals surface area contributed by atoms with Crippen molar-refractivity contribution in [3.8, 4) is 0 Å². The second-order valence-corrected chi connectivity index (χ2v) is 14.4. The van der Waals surface area contributed by atoms with Crippen molar-refractivity contribution in [3.05, 3.63) is 0 Å². The molecular formula is C6Cl3F14P. The van der Waals surface area contributed by atoms with Crippen molar-refractivity contribution in [2.24, 2.45) is 0 Å². The van der Waals surface area contributed by atoms with Crippen molar-refractivity contribution in [1.82, 2.24) is 0 Å². The summed E-state index contributed by atoms with van der Waals surface area (Å²) >= 11 is 11.9. The molecule has 148 valence electrons. The van der Waals surface area contributed by atoms with Crippen molar-refractivity contribution in [1.29, 1.82) is 0 Å². The van der Waals surface area contributed by atoms with Crippen LogP contribution >= 0.6 is 38.4 Å². The summed E-state index contributed by atoms with van der Waals surface area (Å²) in [6.45, 7) is 0. The van der Waals surface area contributed by atoms with E-state index >= 15 is 0 Å². The molecule has 18 heteroatoms. The van der Waals surface area contributed by atoms with Crippen LogP contribution in [0.5, 0.6) is 0 Å². The average Bonchev–Trinajstić information content (AvgIpc) is 2.23. The van der Waals surface area contributed by atoms with E-state index in [4.69, 9.17) is 0 Å². The minimum absolute atomic E-state index is 3.96. The first-order chi connectivity index (χ1) is 9.79. The van der Waals surface area contributed by atoms with Gasteiger partial charge in [-0.2, -0.15) is 0 Å². The van der Waals surface area contributed by atoms with Crippen LogP contribution in [0.4, 0.5) is 61.5 Å². The number of alkyl halides is 14. The number of halogens is 17. The van der Waals surface area contributed by atoms with Crippen molar-refractivity contribution in [2.75, 3.05) is 0 Å². The number of hydrogen-bond donors (Lipinski definition) is 0. The molecule has 0 unspecified atom stereocenters. The monoisotopic (exact) mass is 474 g/mol. The molecule has 0 saturated carbocycles. The van der Waals surface area contributed by atoms with Gasteiger partial charge in [0.1, 0.15) is 0 Å². The van der Waals surface area contributed by atoms with Gasteiger partial charge in [0.05, 0.1) is 0 Å². The molecule has 0 amide bonds. The Labute approximate surface area is 136 Å². The molecule has 0 aromatic rings. The topological polar surface area (TPSA) is 0 Å². The summed E-state index contributed by atoms with van der Waals surface area (Å²) in [4.78, 5) is 0. The Balaban J connectivity index is 6.75. The zero-order chi connectivity index (χ0) is 20.4. The summed E-state index contributed by atoms with van der Waals surface area (Å²) in [5.41, 5.74) is -15.3. The van der Waals surface area contributed by atoms with Crippen LogP contribution in [0, 0.1) is 0 Å². The molecule has 24 heavy (non-hydrogen) atoms. The first kappa shape index (κ1) is 24.3. The van der Waals surface area contributed by atoms with Crippen LogP contribution in [0.25, 0.3) is 0 Å². The van der Waals surface area contributed by atoms with Crippen LogP contribution in [0.1, 0.15) is 0 Å². The van der Waals surface area contributed by atoms with Crippen LogP contribution in [-0.2, 0) is 0 Å². The third-order valence-corrected chi connectivity index (χ3v) is 8.60. The van der Waals surface area contributed by atoms with Gasteiger partial charge in [-0.1, -0.05) is 0 Å². The van der Waals surface area contributed by atoms with Gasteiger partial charge in [0.15, 0.2) is 0 Å². The molecule has 0 heterocycles. The van der Waals surface area contributed by atoms with Crippen LogP contribution in [0.2, 0.25) is 0 Å². The molecule has 0 nitrogen and oxygen atoms in total. The van der Waals surface area contributed by atoms with Crippen molar-refractivity contribution in [3.63, 3.8) is 0 Å². The zero-order valence-electron chi connectivity index (χ0n) is 9.87. The SMILES string of the molecule is FC(F)(F)C(F)(F)C(F)(F)P(Cl)(Cl)(Cl)C(F)(F)C(F)(F)C(F)(F)F. The van der Waals surface area contributed by atoms with Gasteiger partial charge in [-0.05, 0) is 0 Å². The molecule has 0 atom stereocenters. The maximum absolute atomic E-state index is 13.3. The van der Waals surface area contributed by atoms with Gasteiger partial charge in [-0.3, -0.25) is 0 Å². The Kier molecular flexibility index (Phi) is 5.49. The summed E-state index contributed by atoms with van der Waals surface area (Å²) < 4.78 is 166. The third-order valence-electron chi connectivity index (χ3n) is 2.39. The zero-order valence-corrected chi connectivity index (χ0v) is 13.0. The first-order valence-corrected chi connectivity index (χ1v) is 9.55. The van der Waals surface area contributed by atoms with E-state index in [-0.39, 0.29) is 0 Å². The Morgan fingerprint density at radius 2 is 0.583 bits per heavy atom. The Morgan fingerprint density at radius 1 is 0.417 bits per heavy atom. The molecule has 0 fully saturated rings. The number of hydrogen-bond acceptors (Lipinski definition) is 0. The van der Waals surface area contributed by atoms with Crippen molar-refractivity contribution >= 4 is 38.4 Å². The molecule has 0 aliphatic heterocycles. The summed E-state index contributed by atoms with van der Waals surface area (Å²) in [7, 11) is 0. The Morgan fingerprint density at radius 3 is 0.708 bits per heavy atom. The van der Waals surface area contributed by atoms with Crippen LogP contribution in [-0.4, -0.2) is 35.5 Å². The van der Waals surface area contributed by atoms with Crippen LogP contribution < -0.4 is 0 Å². The Hall–Kier alpha value is 0.320. The van der Waals surface area contributed by atoms with Gasteiger partial charge < -0.3 is 0 Å². The van der Waals surface area contributed by atoms with Gasteiger partial charge in [-0.15, -0.1) is 0 Å². The van der Waals surface area contributed by atoms with Crippen LogP contribution in [0.15, 0.2) is 0 Å². The van der Waals surface area contributed by atoms with E-state index < -0.39 is 40.2 Å². The molecule has 0 bridgehead atoms. The fourth-order valence-electron chi connectivity index (χ4n) is 0.976. The maximum atomic E-state index is 13.3. The van der Waals surface area contributed by atoms with E-state index in [1.807, 2.05) is 0 Å². The third kappa shape index (κ3) is 2.79. The molecule has 0 saturated heterocycles. The summed E-state index contributed by atoms with van der Waals surface area (Å²) in [5, 5.41) is 0. The first-order valence-electron chi connectivity index (χ1n) is 4.60. The molecule has 0 aromatic heterocycles. The van der Waals surface area contributed by atoms with Gasteiger partial charge in [0.2, 0.25) is 0 Å². The predicted octanol–water partition coefficient (Wildman–Crippen LogP) is 7.58. The van der Waals surface area contributed by atoms with Gasteiger partial charge in [-0.25, -0.2) is 0 Å². The standard InChI is InChI=1S/C6Cl3F14P/c7-24(8,9,5(20,21)1(10,11)3(14,15)16)6(22,23)2(12,13)4(17,18)19. The van der Waals surface area contributed by atoms with E-state index in [2.05, 4.69) is 33.7 Å². The minimum atomic E-state index is -9.34. The van der Waals surface area contributed by atoms with E-state index in [1.54, 1.807) is 0 Å². The quantitative estimate of drug-likeness (QED) is 0.291. The van der Waals surface area contributed by atoms with Gasteiger partial charge in [0.25, 0.3) is 0 Å². The molecule has 0 aliphatic carbocycles. The molecule has 0 spiro atoms. The molecular weight excluding hydrogens is 475 g/mol. The number of rotatable bonds is 4. The fraction of sp³-hybridized carbons (Fsp3) is 1.00. The van der Waals surface area contributed by atoms with Crippen LogP contribution in [0.3, 0.4) is 0 Å². The van der Waals surface area contributed by atoms with Gasteiger partial charge >= 0.3 is 135 Å². The van der Waals surface area contributed by atoms with E-state index in [0.29, 0.717) is 0 Å². The summed E-state index contributed by atoms with van der Waals surface area (Å²) in [5.74, 6) is -15.3. The molecule has 0 radical (unpaired) electrons. The van der Waals surface area contributed by atoms with Gasteiger partial charge in [0, 0.05) is 0 Å². The molecule has 0 aromatic carbocycles.